The van der Waals surface area contributed by atoms with Crippen molar-refractivity contribution in [2.24, 2.45) is 5.92 Å². The summed E-state index contributed by atoms with van der Waals surface area (Å²) >= 11 is 0. The molecule has 1 aromatic carbocycles. The fourth-order valence-corrected chi connectivity index (χ4v) is 3.76. The van der Waals surface area contributed by atoms with E-state index in [1.807, 2.05) is 12.1 Å². The molecule has 1 fully saturated rings. The Labute approximate surface area is 150 Å². The van der Waals surface area contributed by atoms with E-state index in [0.717, 1.165) is 5.92 Å². The van der Waals surface area contributed by atoms with Crippen LogP contribution in [0.3, 0.4) is 0 Å². The van der Waals surface area contributed by atoms with Crippen LogP contribution in [0.1, 0.15) is 86.6 Å². The smallest absolute Gasteiger partial charge is 0.338 e. The van der Waals surface area contributed by atoms with E-state index in [1.165, 1.54) is 63.4 Å². The Bertz CT molecular complexity index is 505. The summed E-state index contributed by atoms with van der Waals surface area (Å²) in [6.07, 6.45) is 9.07. The average Bonchev–Trinajstić information content (AvgIpc) is 2.64. The van der Waals surface area contributed by atoms with Crippen molar-refractivity contribution in [3.8, 4) is 0 Å². The minimum atomic E-state index is -2.62. The zero-order chi connectivity index (χ0) is 18.1. The van der Waals surface area contributed by atoms with Crippen molar-refractivity contribution < 1.29 is 18.3 Å². The fourth-order valence-electron chi connectivity index (χ4n) is 3.76. The summed E-state index contributed by atoms with van der Waals surface area (Å²) in [4.78, 5) is 11.7. The van der Waals surface area contributed by atoms with Gasteiger partial charge in [-0.2, -0.15) is 0 Å². The molecule has 0 bridgehead atoms. The Kier molecular flexibility index (Phi) is 8.36. The first kappa shape index (κ1) is 19.9. The maximum Gasteiger partial charge on any atom is 0.338 e. The number of carbonyl (C=O) groups is 1. The normalized spacial score (nSPS) is 20.6. The zero-order valence-electron chi connectivity index (χ0n) is 15.2. The zero-order valence-corrected chi connectivity index (χ0v) is 15.2. The van der Waals surface area contributed by atoms with E-state index in [1.54, 1.807) is 12.1 Å². The predicted molar refractivity (Wildman–Crippen MR) is 96.2 cm³/mol. The van der Waals surface area contributed by atoms with Crippen LogP contribution in [0.2, 0.25) is 0 Å². The molecule has 0 N–H and O–H groups in total. The second-order valence-electron chi connectivity index (χ2n) is 7.18. The molecule has 0 amide bonds. The molecule has 2 nitrogen and oxygen atoms in total. The van der Waals surface area contributed by atoms with E-state index >= 15 is 0 Å². The van der Waals surface area contributed by atoms with Crippen molar-refractivity contribution in [1.82, 2.24) is 0 Å². The van der Waals surface area contributed by atoms with Crippen LogP contribution >= 0.6 is 0 Å². The number of alkyl halides is 2. The second-order valence-corrected chi connectivity index (χ2v) is 7.18. The van der Waals surface area contributed by atoms with Gasteiger partial charge in [0.05, 0.1) is 5.56 Å². The molecular weight excluding hydrogens is 322 g/mol. The molecule has 1 aromatic rings. The highest BCUT2D eigenvalue weighted by atomic mass is 19.3. The van der Waals surface area contributed by atoms with Gasteiger partial charge in [0.25, 0.3) is 6.43 Å². The van der Waals surface area contributed by atoms with E-state index in [2.05, 4.69) is 11.7 Å². The molecule has 0 spiro atoms. The molecule has 0 unspecified atom stereocenters. The number of hydrogen-bond acceptors (Lipinski definition) is 2. The summed E-state index contributed by atoms with van der Waals surface area (Å²) < 4.78 is 28.7. The Morgan fingerprint density at radius 2 is 1.76 bits per heavy atom. The first-order valence-corrected chi connectivity index (χ1v) is 9.65. The van der Waals surface area contributed by atoms with E-state index in [0.29, 0.717) is 11.5 Å². The van der Waals surface area contributed by atoms with Crippen LogP contribution in [0.15, 0.2) is 24.3 Å². The van der Waals surface area contributed by atoms with Crippen molar-refractivity contribution in [3.63, 3.8) is 0 Å². The number of benzene rings is 1. The summed E-state index contributed by atoms with van der Waals surface area (Å²) in [5, 5.41) is 0. The molecule has 0 heterocycles. The maximum absolute atomic E-state index is 12.1. The second kappa shape index (κ2) is 10.5. The minimum absolute atomic E-state index is 0.342. The Hall–Kier alpha value is -1.45. The van der Waals surface area contributed by atoms with E-state index in [4.69, 9.17) is 0 Å². The lowest BCUT2D eigenvalue weighted by molar-refractivity contribution is 0.0160. The third kappa shape index (κ3) is 6.75. The summed E-state index contributed by atoms with van der Waals surface area (Å²) in [5.74, 6) is 0.748. The van der Waals surface area contributed by atoms with Crippen molar-refractivity contribution >= 4 is 5.97 Å². The molecule has 0 saturated heterocycles. The molecule has 4 heteroatoms. The first-order valence-electron chi connectivity index (χ1n) is 9.65. The number of halogens is 2. The third-order valence-corrected chi connectivity index (χ3v) is 5.27. The Morgan fingerprint density at radius 1 is 1.08 bits per heavy atom. The molecule has 0 radical (unpaired) electrons. The molecule has 1 aliphatic carbocycles. The van der Waals surface area contributed by atoms with Gasteiger partial charge in [0.15, 0.2) is 6.61 Å². The predicted octanol–water partition coefficient (Wildman–Crippen LogP) is 6.35. The van der Waals surface area contributed by atoms with E-state index < -0.39 is 19.0 Å². The van der Waals surface area contributed by atoms with Gasteiger partial charge in [0.1, 0.15) is 0 Å². The maximum atomic E-state index is 12.1. The van der Waals surface area contributed by atoms with Crippen molar-refractivity contribution in [2.75, 3.05) is 6.61 Å². The first-order chi connectivity index (χ1) is 12.1. The van der Waals surface area contributed by atoms with Crippen LogP contribution in [0.4, 0.5) is 8.78 Å². The van der Waals surface area contributed by atoms with Gasteiger partial charge in [-0.05, 0) is 55.2 Å². The van der Waals surface area contributed by atoms with Gasteiger partial charge in [-0.3, -0.25) is 0 Å². The number of rotatable bonds is 9. The molecule has 25 heavy (non-hydrogen) atoms. The minimum Gasteiger partial charge on any atom is -0.456 e. The molecular formula is C21H30F2O2. The lowest BCUT2D eigenvalue weighted by atomic mass is 9.77. The number of hydrogen-bond donors (Lipinski definition) is 0. The molecule has 0 aliphatic heterocycles. The number of esters is 1. The summed E-state index contributed by atoms with van der Waals surface area (Å²) in [5.41, 5.74) is 1.59. The van der Waals surface area contributed by atoms with Crippen LogP contribution in [-0.4, -0.2) is 19.0 Å². The summed E-state index contributed by atoms with van der Waals surface area (Å²) in [7, 11) is 0. The molecule has 1 aliphatic rings. The standard InChI is InChI=1S/C21H30F2O2/c1-2-3-4-5-6-16-7-9-17(10-8-16)18-11-13-19(14-12-18)21(24)25-15-20(22)23/h11-14,16-17,20H,2-10,15H2,1H3/t16-,17-. The van der Waals surface area contributed by atoms with Crippen molar-refractivity contribution in [2.45, 2.75) is 77.1 Å². The largest absolute Gasteiger partial charge is 0.456 e. The average molecular weight is 352 g/mol. The highest BCUT2D eigenvalue weighted by Gasteiger charge is 2.22. The van der Waals surface area contributed by atoms with Gasteiger partial charge in [-0.25, -0.2) is 13.6 Å². The molecule has 0 aromatic heterocycles. The van der Waals surface area contributed by atoms with Gasteiger partial charge in [0, 0.05) is 0 Å². The number of carbonyl (C=O) groups excluding carboxylic acids is 1. The van der Waals surface area contributed by atoms with Gasteiger partial charge < -0.3 is 4.74 Å². The van der Waals surface area contributed by atoms with Crippen LogP contribution < -0.4 is 0 Å². The lowest BCUT2D eigenvalue weighted by Gasteiger charge is -2.29. The lowest BCUT2D eigenvalue weighted by Crippen LogP contribution is -2.14. The van der Waals surface area contributed by atoms with Gasteiger partial charge in [0.2, 0.25) is 0 Å². The summed E-state index contributed by atoms with van der Waals surface area (Å²) in [6.45, 7) is 1.40. The van der Waals surface area contributed by atoms with Crippen LogP contribution in [0.5, 0.6) is 0 Å². The Balaban J connectivity index is 1.76. The van der Waals surface area contributed by atoms with Crippen molar-refractivity contribution in [3.05, 3.63) is 35.4 Å². The fraction of sp³-hybridized carbons (Fsp3) is 0.667. The molecule has 140 valence electrons. The third-order valence-electron chi connectivity index (χ3n) is 5.27. The van der Waals surface area contributed by atoms with Gasteiger partial charge in [-0.1, -0.05) is 51.2 Å². The van der Waals surface area contributed by atoms with Gasteiger partial charge >= 0.3 is 5.97 Å². The van der Waals surface area contributed by atoms with Crippen LogP contribution in [0, 0.1) is 5.92 Å². The molecule has 0 atom stereocenters. The Morgan fingerprint density at radius 3 is 2.36 bits per heavy atom. The summed E-state index contributed by atoms with van der Waals surface area (Å²) in [6, 6.07) is 7.29. The highest BCUT2D eigenvalue weighted by Crippen LogP contribution is 2.37. The van der Waals surface area contributed by atoms with E-state index in [-0.39, 0.29) is 0 Å². The van der Waals surface area contributed by atoms with Crippen LogP contribution in [0.25, 0.3) is 0 Å². The van der Waals surface area contributed by atoms with Gasteiger partial charge in [-0.15, -0.1) is 0 Å². The highest BCUT2D eigenvalue weighted by molar-refractivity contribution is 5.89. The van der Waals surface area contributed by atoms with Crippen LogP contribution in [-0.2, 0) is 4.74 Å². The molecule has 1 saturated carbocycles. The number of unbranched alkanes of at least 4 members (excludes halogenated alkanes) is 3. The SMILES string of the molecule is CCCCCC[C@H]1CC[C@H](c2ccc(C(=O)OCC(F)F)cc2)CC1. The quantitative estimate of drug-likeness (QED) is 0.382. The van der Waals surface area contributed by atoms with E-state index in [9.17, 15) is 13.6 Å². The number of ether oxygens (including phenoxy) is 1. The monoisotopic (exact) mass is 352 g/mol. The molecule has 2 rings (SSSR count). The van der Waals surface area contributed by atoms with Crippen molar-refractivity contribution in [1.29, 1.82) is 0 Å². The topological polar surface area (TPSA) is 26.3 Å².